The molecule has 8 nitrogen and oxygen atoms in total. The number of carbonyl (C=O) groups is 1. The van der Waals surface area contributed by atoms with Gasteiger partial charge in [0.25, 0.3) is 5.91 Å². The molecule has 1 amide bonds. The smallest absolute Gasteiger partial charge is 0.331 e. The lowest BCUT2D eigenvalue weighted by Crippen LogP contribution is -2.72. The van der Waals surface area contributed by atoms with E-state index in [-0.39, 0.29) is 12.5 Å². The molecule has 0 unspecified atom stereocenters. The minimum absolute atomic E-state index is 0.0550. The monoisotopic (exact) mass is 393 g/mol. The molecule has 148 valence electrons. The number of nitrogens with two attached hydrogens (primary N) is 1. The molecule has 0 bridgehead atoms. The SMILES string of the molecule is COc1cc([NH2+]c2nccc(-c3ccc4c(c3)N(C)C(=O)CO4)n2)cc(OC)c1. The fraction of sp³-hybridized carbons (Fsp3) is 0.190. The van der Waals surface area contributed by atoms with Crippen LogP contribution in [0.1, 0.15) is 0 Å². The highest BCUT2D eigenvalue weighted by atomic mass is 16.5. The van der Waals surface area contributed by atoms with Crippen molar-refractivity contribution >= 4 is 23.2 Å². The van der Waals surface area contributed by atoms with Gasteiger partial charge in [-0.25, -0.2) is 5.32 Å². The predicted molar refractivity (Wildman–Crippen MR) is 107 cm³/mol. The van der Waals surface area contributed by atoms with Crippen molar-refractivity contribution in [1.29, 1.82) is 0 Å². The van der Waals surface area contributed by atoms with Gasteiger partial charge >= 0.3 is 5.95 Å². The van der Waals surface area contributed by atoms with Crippen LogP contribution < -0.4 is 24.4 Å². The van der Waals surface area contributed by atoms with Gasteiger partial charge in [-0.15, -0.1) is 0 Å². The van der Waals surface area contributed by atoms with Crippen LogP contribution in [0.3, 0.4) is 0 Å². The fourth-order valence-electron chi connectivity index (χ4n) is 3.10. The average Bonchev–Trinajstić information content (AvgIpc) is 2.76. The van der Waals surface area contributed by atoms with E-state index < -0.39 is 0 Å². The lowest BCUT2D eigenvalue weighted by molar-refractivity contribution is -0.487. The van der Waals surface area contributed by atoms with Crippen molar-refractivity contribution in [3.63, 3.8) is 0 Å². The van der Waals surface area contributed by atoms with Crippen LogP contribution in [-0.2, 0) is 4.79 Å². The molecule has 29 heavy (non-hydrogen) atoms. The summed E-state index contributed by atoms with van der Waals surface area (Å²) in [6.45, 7) is 0.0550. The van der Waals surface area contributed by atoms with Gasteiger partial charge in [0.2, 0.25) is 0 Å². The van der Waals surface area contributed by atoms with E-state index in [1.165, 1.54) is 0 Å². The number of methoxy groups -OCH3 is 2. The third-order valence-electron chi connectivity index (χ3n) is 4.69. The highest BCUT2D eigenvalue weighted by molar-refractivity contribution is 5.98. The largest absolute Gasteiger partial charge is 0.496 e. The van der Waals surface area contributed by atoms with Gasteiger partial charge in [-0.3, -0.25) is 4.79 Å². The number of hydrogen-bond donors (Lipinski definition) is 1. The van der Waals surface area contributed by atoms with Crippen molar-refractivity contribution in [2.45, 2.75) is 0 Å². The fourth-order valence-corrected chi connectivity index (χ4v) is 3.10. The Kier molecular flexibility index (Phi) is 5.01. The summed E-state index contributed by atoms with van der Waals surface area (Å²) >= 11 is 0. The highest BCUT2D eigenvalue weighted by Crippen LogP contribution is 2.34. The van der Waals surface area contributed by atoms with Gasteiger partial charge in [-0.05, 0) is 24.3 Å². The van der Waals surface area contributed by atoms with Gasteiger partial charge in [0.05, 0.1) is 25.6 Å². The van der Waals surface area contributed by atoms with Crippen LogP contribution in [0, 0.1) is 0 Å². The molecule has 1 aliphatic rings. The number of benzene rings is 2. The second-order valence-electron chi connectivity index (χ2n) is 6.51. The standard InChI is InChI=1S/C21H20N4O4/c1-25-18-8-13(4-5-19(18)29-12-20(25)26)17-6-7-22-21(24-17)23-14-9-15(27-2)11-16(10-14)28-3/h4-11H,12H2,1-3H3,(H,22,23,24)/p+1. The molecule has 1 aliphatic heterocycles. The number of amides is 1. The lowest BCUT2D eigenvalue weighted by atomic mass is 10.1. The summed E-state index contributed by atoms with van der Waals surface area (Å²) in [6.07, 6.45) is 1.70. The first-order valence-electron chi connectivity index (χ1n) is 9.02. The van der Waals surface area contributed by atoms with E-state index in [0.29, 0.717) is 23.2 Å². The number of nitrogens with zero attached hydrogens (tertiary/aromatic N) is 3. The minimum atomic E-state index is -0.0849. The Labute approximate surface area is 168 Å². The summed E-state index contributed by atoms with van der Waals surface area (Å²) in [5.41, 5.74) is 3.20. The van der Waals surface area contributed by atoms with Crippen molar-refractivity contribution in [2.24, 2.45) is 0 Å². The number of anilines is 1. The third-order valence-corrected chi connectivity index (χ3v) is 4.69. The zero-order chi connectivity index (χ0) is 20.4. The highest BCUT2D eigenvalue weighted by Gasteiger charge is 2.23. The minimum Gasteiger partial charge on any atom is -0.496 e. The molecule has 0 spiro atoms. The molecule has 0 atom stereocenters. The number of likely N-dealkylation sites (N-methyl/N-ethyl adjacent to an activating group) is 1. The zero-order valence-electron chi connectivity index (χ0n) is 16.4. The zero-order valence-corrected chi connectivity index (χ0v) is 16.4. The topological polar surface area (TPSA) is 90.4 Å². The molecule has 1 aromatic heterocycles. The van der Waals surface area contributed by atoms with Crippen LogP contribution >= 0.6 is 0 Å². The number of quaternary nitrogens is 1. The van der Waals surface area contributed by atoms with Gasteiger partial charge in [0.15, 0.2) is 6.61 Å². The quantitative estimate of drug-likeness (QED) is 0.667. The number of aromatic nitrogens is 2. The van der Waals surface area contributed by atoms with E-state index in [0.717, 1.165) is 22.6 Å². The Morgan fingerprint density at radius 3 is 2.55 bits per heavy atom. The van der Waals surface area contributed by atoms with Crippen LogP contribution in [0.25, 0.3) is 11.3 Å². The van der Waals surface area contributed by atoms with Gasteiger partial charge < -0.3 is 19.1 Å². The lowest BCUT2D eigenvalue weighted by Gasteiger charge is -2.26. The predicted octanol–water partition coefficient (Wildman–Crippen LogP) is 2.04. The molecule has 8 heteroatoms. The van der Waals surface area contributed by atoms with Crippen molar-refractivity contribution in [1.82, 2.24) is 9.97 Å². The van der Waals surface area contributed by atoms with Crippen molar-refractivity contribution in [3.05, 3.63) is 48.7 Å². The normalized spacial score (nSPS) is 12.9. The second kappa shape index (κ2) is 7.76. The van der Waals surface area contributed by atoms with E-state index >= 15 is 0 Å². The van der Waals surface area contributed by atoms with Crippen molar-refractivity contribution in [3.8, 4) is 28.5 Å². The summed E-state index contributed by atoms with van der Waals surface area (Å²) in [7, 11) is 4.96. The first-order valence-corrected chi connectivity index (χ1v) is 9.02. The molecule has 2 aromatic carbocycles. The maximum Gasteiger partial charge on any atom is 0.331 e. The van der Waals surface area contributed by atoms with Crippen molar-refractivity contribution in [2.75, 3.05) is 32.8 Å². The van der Waals surface area contributed by atoms with Gasteiger partial charge in [-0.1, -0.05) is 0 Å². The van der Waals surface area contributed by atoms with E-state index in [2.05, 4.69) is 9.97 Å². The van der Waals surface area contributed by atoms with E-state index in [4.69, 9.17) is 14.2 Å². The van der Waals surface area contributed by atoms with Crippen LogP contribution in [0.4, 0.5) is 17.3 Å². The van der Waals surface area contributed by atoms with Crippen molar-refractivity contribution < 1.29 is 24.3 Å². The Morgan fingerprint density at radius 1 is 1.07 bits per heavy atom. The van der Waals surface area contributed by atoms with E-state index in [1.54, 1.807) is 32.4 Å². The molecule has 0 saturated heterocycles. The molecule has 0 aliphatic carbocycles. The Morgan fingerprint density at radius 2 is 1.83 bits per heavy atom. The summed E-state index contributed by atoms with van der Waals surface area (Å²) in [5.74, 6) is 2.53. The number of fused-ring (bicyclic) bond motifs is 1. The van der Waals surface area contributed by atoms with Crippen LogP contribution in [0.2, 0.25) is 0 Å². The second-order valence-corrected chi connectivity index (χ2v) is 6.51. The Bertz CT molecular complexity index is 1050. The number of rotatable bonds is 5. The molecular formula is C21H21N4O4+. The first-order chi connectivity index (χ1) is 14.1. The molecule has 0 radical (unpaired) electrons. The maximum absolute atomic E-state index is 11.9. The average molecular weight is 393 g/mol. The van der Waals surface area contributed by atoms with Gasteiger partial charge in [0, 0.05) is 37.0 Å². The molecule has 0 saturated carbocycles. The Hall–Kier alpha value is -3.65. The van der Waals surface area contributed by atoms with Crippen LogP contribution in [-0.4, -0.2) is 43.7 Å². The first kappa shape index (κ1) is 18.7. The molecule has 4 rings (SSSR count). The number of carbonyl (C=O) groups excluding carboxylic acids is 1. The van der Waals surface area contributed by atoms with Gasteiger partial charge in [-0.2, -0.15) is 9.97 Å². The molecule has 0 fully saturated rings. The molecule has 3 aromatic rings. The van der Waals surface area contributed by atoms with Crippen LogP contribution in [0.15, 0.2) is 48.7 Å². The summed E-state index contributed by atoms with van der Waals surface area (Å²) in [4.78, 5) is 22.5. The Balaban J connectivity index is 1.64. The summed E-state index contributed by atoms with van der Waals surface area (Å²) in [6, 6.07) is 13.1. The number of ether oxygens (including phenoxy) is 3. The molecular weight excluding hydrogens is 372 g/mol. The summed E-state index contributed by atoms with van der Waals surface area (Å²) in [5, 5.41) is 1.85. The summed E-state index contributed by atoms with van der Waals surface area (Å²) < 4.78 is 16.1. The van der Waals surface area contributed by atoms with Crippen LogP contribution in [0.5, 0.6) is 17.2 Å². The van der Waals surface area contributed by atoms with Gasteiger partial charge in [0.1, 0.15) is 22.9 Å². The van der Waals surface area contributed by atoms with E-state index in [1.807, 2.05) is 47.8 Å². The van der Waals surface area contributed by atoms with E-state index in [9.17, 15) is 4.79 Å². The molecule has 2 N–H and O–H groups in total. The number of hydrogen-bond acceptors (Lipinski definition) is 6. The third kappa shape index (κ3) is 3.83. The molecule has 2 heterocycles. The maximum atomic E-state index is 11.9.